The van der Waals surface area contributed by atoms with E-state index in [1.807, 2.05) is 81.4 Å². The number of esters is 7. The highest BCUT2D eigenvalue weighted by Crippen LogP contribution is 2.37. The van der Waals surface area contributed by atoms with E-state index in [2.05, 4.69) is 0 Å². The van der Waals surface area contributed by atoms with Crippen molar-refractivity contribution in [1.29, 1.82) is 0 Å². The zero-order valence-electron chi connectivity index (χ0n) is 35.5. The van der Waals surface area contributed by atoms with Crippen LogP contribution in [0.2, 0.25) is 5.04 Å². The molecule has 7 atom stereocenters. The molecule has 3 rings (SSSR count). The van der Waals surface area contributed by atoms with Crippen LogP contribution < -0.4 is 10.4 Å². The van der Waals surface area contributed by atoms with Gasteiger partial charge in [-0.3, -0.25) is 0 Å². The highest BCUT2D eigenvalue weighted by atomic mass is 28.4. The van der Waals surface area contributed by atoms with Gasteiger partial charge in [0.2, 0.25) is 0 Å². The van der Waals surface area contributed by atoms with Gasteiger partial charge in [-0.2, -0.15) is 0 Å². The molecule has 0 saturated heterocycles. The number of carbonyl (C=O) groups is 7. The molecule has 0 radical (unpaired) electrons. The highest BCUT2D eigenvalue weighted by Gasteiger charge is 2.52. The molecule has 0 heterocycles. The fraction of sp³-hybridized carbons (Fsp3) is 0.432. The summed E-state index contributed by atoms with van der Waals surface area (Å²) in [5, 5.41) is 1.44. The van der Waals surface area contributed by atoms with Crippen LogP contribution in [-0.4, -0.2) is 92.8 Å². The first-order valence-corrected chi connectivity index (χ1v) is 21.3. The lowest BCUT2D eigenvalue weighted by molar-refractivity contribution is -0.188. The van der Waals surface area contributed by atoms with Crippen molar-refractivity contribution >= 4 is 60.5 Å². The molecule has 0 saturated carbocycles. The van der Waals surface area contributed by atoms with E-state index in [4.69, 9.17) is 37.6 Å². The maximum absolute atomic E-state index is 13.4. The number of hydrogen-bond donors (Lipinski definition) is 0. The molecule has 0 unspecified atom stereocenters. The van der Waals surface area contributed by atoms with Crippen LogP contribution in [0.15, 0.2) is 91.0 Å². The molecular weight excluding hydrogens is 797 g/mol. The molecule has 0 aliphatic rings. The molecule has 0 N–H and O–H groups in total. The van der Waals surface area contributed by atoms with E-state index in [0.717, 1.165) is 29.8 Å². The number of benzene rings is 3. The smallest absolute Gasteiger partial charge is 0.347 e. The third-order valence-electron chi connectivity index (χ3n) is 9.08. The van der Waals surface area contributed by atoms with Crippen LogP contribution in [0.3, 0.4) is 0 Å². The molecule has 324 valence electrons. The number of hydrogen-bond acceptors (Lipinski definition) is 15. The summed E-state index contributed by atoms with van der Waals surface area (Å²) < 4.78 is 42.6. The third kappa shape index (κ3) is 13.3. The Bertz CT molecular complexity index is 1890. The third-order valence-corrected chi connectivity index (χ3v) is 14.2. The molecule has 15 nitrogen and oxygen atoms in total. The van der Waals surface area contributed by atoms with E-state index < -0.39 is 97.9 Å². The Labute approximate surface area is 351 Å². The summed E-state index contributed by atoms with van der Waals surface area (Å²) in [6, 6.07) is 28.2. The Hall–Kier alpha value is -5.87. The lowest BCUT2D eigenvalue weighted by Gasteiger charge is -2.44. The summed E-state index contributed by atoms with van der Waals surface area (Å²) in [5.41, 5.74) is 0.728. The topological polar surface area (TPSA) is 193 Å². The van der Waals surface area contributed by atoms with E-state index in [-0.39, 0.29) is 6.61 Å². The van der Waals surface area contributed by atoms with E-state index >= 15 is 0 Å². The van der Waals surface area contributed by atoms with Gasteiger partial charge >= 0.3 is 41.8 Å². The van der Waals surface area contributed by atoms with Crippen LogP contribution in [0.1, 0.15) is 74.8 Å². The fourth-order valence-corrected chi connectivity index (χ4v) is 10.4. The first-order chi connectivity index (χ1) is 28.2. The van der Waals surface area contributed by atoms with Crippen LogP contribution in [0, 0.1) is 0 Å². The van der Waals surface area contributed by atoms with E-state index in [1.165, 1.54) is 27.7 Å². The summed E-state index contributed by atoms with van der Waals surface area (Å²) >= 11 is 0. The van der Waals surface area contributed by atoms with Crippen molar-refractivity contribution in [3.8, 4) is 0 Å². The molecule has 16 heteroatoms. The minimum Gasteiger partial charge on any atom is -0.458 e. The lowest BCUT2D eigenvalue weighted by Crippen LogP contribution is -2.68. The van der Waals surface area contributed by atoms with Crippen LogP contribution in [0.5, 0.6) is 0 Å². The molecule has 0 aliphatic carbocycles. The van der Waals surface area contributed by atoms with Gasteiger partial charge in [0.05, 0.1) is 0 Å². The molecule has 0 bridgehead atoms. The van der Waals surface area contributed by atoms with Gasteiger partial charge in [-0.1, -0.05) is 112 Å². The molecule has 0 spiro atoms. The van der Waals surface area contributed by atoms with E-state index in [1.54, 1.807) is 37.3 Å². The number of rotatable bonds is 19. The Balaban J connectivity index is 1.48. The van der Waals surface area contributed by atoms with Gasteiger partial charge in [0.1, 0.15) is 12.7 Å². The molecular formula is C44H54O15Si. The second-order valence-electron chi connectivity index (χ2n) is 15.0. The van der Waals surface area contributed by atoms with Crippen LogP contribution in [0.4, 0.5) is 0 Å². The summed E-state index contributed by atoms with van der Waals surface area (Å²) in [6.07, 6.45) is -10.0. The number of carbonyl (C=O) groups excluding carboxylic acids is 7. The SMILES string of the molecule is C[C@H](OC(=O)[C@H](C)OC(=O)[C@H](C)OC(=O)[C@H](C)OC(=O)[C@H](C)OC(=O)[C@H](C)OC(=O)[C@H](C)O[Si](c1ccccc1)(c1ccccc1)C(C)(C)C)C(=O)OCc1ccccc1. The standard InChI is InChI=1S/C44H54O15Si/c1-27(37(45)52-26-34-20-14-11-15-21-34)53-38(46)28(2)54-39(47)29(3)55-40(48)30(4)56-41(49)31(5)57-42(50)32(6)58-43(51)33(7)59-60(44(8,9)10,35-22-16-12-17-23-35)36-24-18-13-19-25-36/h11-25,27-33H,26H2,1-10H3/t27-,28-,29-,30-,31-,32-,33-/m0/s1. The maximum atomic E-state index is 13.4. The average Bonchev–Trinajstić information content (AvgIpc) is 3.21. The van der Waals surface area contributed by atoms with Crippen LogP contribution in [0.25, 0.3) is 0 Å². The first-order valence-electron chi connectivity index (χ1n) is 19.4. The summed E-state index contributed by atoms with van der Waals surface area (Å²) in [4.78, 5) is 89.0. The Morgan fingerprint density at radius 3 is 0.983 bits per heavy atom. The van der Waals surface area contributed by atoms with Crippen LogP contribution >= 0.6 is 0 Å². The zero-order chi connectivity index (χ0) is 44.8. The minimum atomic E-state index is -3.14. The fourth-order valence-electron chi connectivity index (χ4n) is 5.76. The second-order valence-corrected chi connectivity index (χ2v) is 19.2. The summed E-state index contributed by atoms with van der Waals surface area (Å²) in [6.45, 7) is 14.9. The van der Waals surface area contributed by atoms with Gasteiger partial charge in [-0.15, -0.1) is 0 Å². The molecule has 0 aliphatic heterocycles. The van der Waals surface area contributed by atoms with E-state index in [0.29, 0.717) is 0 Å². The van der Waals surface area contributed by atoms with Gasteiger partial charge in [0, 0.05) is 0 Å². The highest BCUT2D eigenvalue weighted by molar-refractivity contribution is 6.99. The van der Waals surface area contributed by atoms with Gasteiger partial charge < -0.3 is 37.6 Å². The van der Waals surface area contributed by atoms with Gasteiger partial charge in [-0.25, -0.2) is 33.6 Å². The molecule has 0 aromatic heterocycles. The quantitative estimate of drug-likeness (QED) is 0.0942. The maximum Gasteiger partial charge on any atom is 0.347 e. The van der Waals surface area contributed by atoms with Gasteiger partial charge in [-0.05, 0) is 69.4 Å². The largest absolute Gasteiger partial charge is 0.458 e. The molecule has 0 amide bonds. The van der Waals surface area contributed by atoms with Gasteiger partial charge in [0.15, 0.2) is 36.6 Å². The van der Waals surface area contributed by atoms with Crippen molar-refractivity contribution in [2.45, 2.75) is 124 Å². The van der Waals surface area contributed by atoms with Crippen molar-refractivity contribution in [2.24, 2.45) is 0 Å². The monoisotopic (exact) mass is 850 g/mol. The minimum absolute atomic E-state index is 0.0370. The predicted octanol–water partition coefficient (Wildman–Crippen LogP) is 4.29. The van der Waals surface area contributed by atoms with Crippen molar-refractivity contribution in [3.05, 3.63) is 96.6 Å². The van der Waals surface area contributed by atoms with Crippen LogP contribution in [-0.2, 0) is 77.8 Å². The lowest BCUT2D eigenvalue weighted by atomic mass is 10.2. The van der Waals surface area contributed by atoms with Crippen molar-refractivity contribution < 1.29 is 71.1 Å². The normalized spacial score (nSPS) is 15.0. The summed E-state index contributed by atoms with van der Waals surface area (Å²) in [5.74, 6) is -7.20. The van der Waals surface area contributed by atoms with Gasteiger partial charge in [0.25, 0.3) is 8.32 Å². The summed E-state index contributed by atoms with van der Waals surface area (Å²) in [7, 11) is -3.14. The first kappa shape index (κ1) is 48.5. The molecule has 0 fully saturated rings. The second kappa shape index (κ2) is 21.9. The predicted molar refractivity (Wildman–Crippen MR) is 218 cm³/mol. The van der Waals surface area contributed by atoms with E-state index in [9.17, 15) is 33.6 Å². The van der Waals surface area contributed by atoms with Crippen molar-refractivity contribution in [1.82, 2.24) is 0 Å². The average molecular weight is 851 g/mol. The Morgan fingerprint density at radius 1 is 0.417 bits per heavy atom. The Morgan fingerprint density at radius 2 is 0.683 bits per heavy atom. The molecule has 3 aromatic rings. The zero-order valence-corrected chi connectivity index (χ0v) is 36.5. The molecule has 3 aromatic carbocycles. The van der Waals surface area contributed by atoms with Crippen molar-refractivity contribution in [2.75, 3.05) is 0 Å². The Kier molecular flexibility index (Phi) is 17.7. The molecule has 60 heavy (non-hydrogen) atoms. The number of ether oxygens (including phenoxy) is 7. The van der Waals surface area contributed by atoms with Crippen molar-refractivity contribution in [3.63, 3.8) is 0 Å².